The lowest BCUT2D eigenvalue weighted by Gasteiger charge is -2.07. The molecule has 3 rings (SSSR count). The Kier molecular flexibility index (Phi) is 4.11. The number of rotatable bonds is 4. The number of carbonyl (C=O) groups is 1. The van der Waals surface area contributed by atoms with E-state index in [0.29, 0.717) is 17.0 Å². The summed E-state index contributed by atoms with van der Waals surface area (Å²) in [6, 6.07) is 20.1. The van der Waals surface area contributed by atoms with Crippen LogP contribution in [0.25, 0.3) is 0 Å². The van der Waals surface area contributed by atoms with Crippen molar-refractivity contribution in [2.45, 2.75) is 0 Å². The molecule has 0 atom stereocenters. The van der Waals surface area contributed by atoms with Crippen molar-refractivity contribution in [2.75, 3.05) is 5.32 Å². The van der Waals surface area contributed by atoms with Crippen LogP contribution >= 0.6 is 0 Å². The van der Waals surface area contributed by atoms with Gasteiger partial charge in [0.15, 0.2) is 0 Å². The molecule has 0 bridgehead atoms. The maximum atomic E-state index is 12.4. The Balaban J connectivity index is 1.83. The van der Waals surface area contributed by atoms with Gasteiger partial charge in [-0.3, -0.25) is 9.79 Å². The fourth-order valence-electron chi connectivity index (χ4n) is 2.00. The Morgan fingerprint density at radius 2 is 1.73 bits per heavy atom. The smallest absolute Gasteiger partial charge is 0.257 e. The van der Waals surface area contributed by atoms with Crippen LogP contribution in [-0.2, 0) is 0 Å². The number of aliphatic imine (C=N–C) groups is 1. The maximum absolute atomic E-state index is 12.4. The van der Waals surface area contributed by atoms with Crippen LogP contribution in [0.5, 0.6) is 0 Å². The third kappa shape index (κ3) is 3.30. The first-order valence-corrected chi connectivity index (χ1v) is 6.86. The molecular formula is C18H14N2O2. The standard InChI is InChI=1S/C18H14N2O2/c21-18(20-14-7-2-1-3-8-14)16-10-4-5-11-17(16)19-13-15-9-6-12-22-15/h1-13H,(H,20,21)/b19-13+. The fraction of sp³-hybridized carbons (Fsp3) is 0. The Bertz CT molecular complexity index is 778. The summed E-state index contributed by atoms with van der Waals surface area (Å²) < 4.78 is 5.20. The number of anilines is 1. The van der Waals surface area contributed by atoms with Gasteiger partial charge in [-0.15, -0.1) is 0 Å². The second-order valence-electron chi connectivity index (χ2n) is 4.61. The number of hydrogen-bond acceptors (Lipinski definition) is 3. The molecule has 0 saturated heterocycles. The van der Waals surface area contributed by atoms with Crippen molar-refractivity contribution >= 4 is 23.5 Å². The van der Waals surface area contributed by atoms with E-state index in [2.05, 4.69) is 10.3 Å². The highest BCUT2D eigenvalue weighted by Gasteiger charge is 2.10. The summed E-state index contributed by atoms with van der Waals surface area (Å²) in [5.41, 5.74) is 1.85. The zero-order valence-corrected chi connectivity index (χ0v) is 11.8. The van der Waals surface area contributed by atoms with Gasteiger partial charge in [0.2, 0.25) is 0 Å². The molecule has 0 spiro atoms. The molecule has 0 radical (unpaired) electrons. The van der Waals surface area contributed by atoms with Gasteiger partial charge in [0.05, 0.1) is 23.7 Å². The number of amides is 1. The Morgan fingerprint density at radius 1 is 0.955 bits per heavy atom. The number of nitrogens with one attached hydrogen (secondary N) is 1. The first-order valence-electron chi connectivity index (χ1n) is 6.86. The molecule has 0 aliphatic carbocycles. The molecule has 2 aromatic carbocycles. The Labute approximate surface area is 128 Å². The number of benzene rings is 2. The van der Waals surface area contributed by atoms with E-state index >= 15 is 0 Å². The fourth-order valence-corrected chi connectivity index (χ4v) is 2.00. The van der Waals surface area contributed by atoms with Crippen molar-refractivity contribution in [1.82, 2.24) is 0 Å². The van der Waals surface area contributed by atoms with Gasteiger partial charge in [0, 0.05) is 5.69 Å². The second-order valence-corrected chi connectivity index (χ2v) is 4.61. The molecule has 0 aliphatic rings. The first kappa shape index (κ1) is 13.8. The van der Waals surface area contributed by atoms with Gasteiger partial charge in [-0.25, -0.2) is 0 Å². The van der Waals surface area contributed by atoms with Crippen molar-refractivity contribution in [3.8, 4) is 0 Å². The largest absolute Gasteiger partial charge is 0.463 e. The van der Waals surface area contributed by atoms with Crippen LogP contribution in [0.2, 0.25) is 0 Å². The number of hydrogen-bond donors (Lipinski definition) is 1. The van der Waals surface area contributed by atoms with Crippen molar-refractivity contribution in [2.24, 2.45) is 4.99 Å². The van der Waals surface area contributed by atoms with E-state index in [1.54, 1.807) is 36.7 Å². The minimum atomic E-state index is -0.196. The van der Waals surface area contributed by atoms with E-state index in [1.165, 1.54) is 0 Å². The van der Waals surface area contributed by atoms with Crippen molar-refractivity contribution in [3.05, 3.63) is 84.3 Å². The summed E-state index contributed by atoms with van der Waals surface area (Å²) in [5, 5.41) is 2.86. The third-order valence-corrected chi connectivity index (χ3v) is 3.05. The summed E-state index contributed by atoms with van der Waals surface area (Å²) >= 11 is 0. The van der Waals surface area contributed by atoms with Crippen molar-refractivity contribution in [1.29, 1.82) is 0 Å². The molecule has 1 amide bonds. The monoisotopic (exact) mass is 290 g/mol. The molecule has 1 heterocycles. The molecule has 0 fully saturated rings. The van der Waals surface area contributed by atoms with E-state index in [4.69, 9.17) is 4.42 Å². The number of furan rings is 1. The Hall–Kier alpha value is -3.14. The average Bonchev–Trinajstić information content (AvgIpc) is 3.07. The van der Waals surface area contributed by atoms with Gasteiger partial charge in [0.1, 0.15) is 5.76 Å². The van der Waals surface area contributed by atoms with E-state index in [9.17, 15) is 4.79 Å². The average molecular weight is 290 g/mol. The zero-order valence-electron chi connectivity index (χ0n) is 11.8. The topological polar surface area (TPSA) is 54.6 Å². The zero-order chi connectivity index (χ0) is 15.2. The third-order valence-electron chi connectivity index (χ3n) is 3.05. The van der Waals surface area contributed by atoms with Crippen LogP contribution in [0.4, 0.5) is 11.4 Å². The minimum absolute atomic E-state index is 0.196. The molecule has 0 saturated carbocycles. The van der Waals surface area contributed by atoms with Gasteiger partial charge in [-0.05, 0) is 36.4 Å². The van der Waals surface area contributed by atoms with Gasteiger partial charge >= 0.3 is 0 Å². The van der Waals surface area contributed by atoms with Crippen LogP contribution in [0, 0.1) is 0 Å². The predicted molar refractivity (Wildman–Crippen MR) is 86.8 cm³/mol. The number of carbonyl (C=O) groups excluding carboxylic acids is 1. The quantitative estimate of drug-likeness (QED) is 0.729. The lowest BCUT2D eigenvalue weighted by Crippen LogP contribution is -2.11. The Morgan fingerprint density at radius 3 is 2.50 bits per heavy atom. The minimum Gasteiger partial charge on any atom is -0.463 e. The van der Waals surface area contributed by atoms with E-state index in [-0.39, 0.29) is 5.91 Å². The molecule has 1 N–H and O–H groups in total. The van der Waals surface area contributed by atoms with E-state index in [0.717, 1.165) is 5.69 Å². The number of para-hydroxylation sites is 2. The summed E-state index contributed by atoms with van der Waals surface area (Å²) in [5.74, 6) is 0.441. The van der Waals surface area contributed by atoms with Gasteiger partial charge in [0.25, 0.3) is 5.91 Å². The molecule has 4 heteroatoms. The van der Waals surface area contributed by atoms with Crippen LogP contribution in [-0.4, -0.2) is 12.1 Å². The molecule has 22 heavy (non-hydrogen) atoms. The molecule has 3 aromatic rings. The second kappa shape index (κ2) is 6.54. The van der Waals surface area contributed by atoms with E-state index < -0.39 is 0 Å². The summed E-state index contributed by atoms with van der Waals surface area (Å²) in [6.45, 7) is 0. The molecular weight excluding hydrogens is 276 g/mol. The van der Waals surface area contributed by atoms with E-state index in [1.807, 2.05) is 42.5 Å². The lowest BCUT2D eigenvalue weighted by molar-refractivity contribution is 0.102. The number of nitrogens with zero attached hydrogens (tertiary/aromatic N) is 1. The van der Waals surface area contributed by atoms with Crippen LogP contribution in [0.1, 0.15) is 16.1 Å². The maximum Gasteiger partial charge on any atom is 0.257 e. The van der Waals surface area contributed by atoms with Gasteiger partial charge < -0.3 is 9.73 Å². The highest BCUT2D eigenvalue weighted by atomic mass is 16.3. The highest BCUT2D eigenvalue weighted by molar-refractivity contribution is 6.08. The molecule has 0 aliphatic heterocycles. The van der Waals surface area contributed by atoms with Gasteiger partial charge in [-0.1, -0.05) is 30.3 Å². The molecule has 0 unspecified atom stereocenters. The van der Waals surface area contributed by atoms with Crippen molar-refractivity contribution < 1.29 is 9.21 Å². The van der Waals surface area contributed by atoms with Gasteiger partial charge in [-0.2, -0.15) is 0 Å². The summed E-state index contributed by atoms with van der Waals surface area (Å²) in [7, 11) is 0. The highest BCUT2D eigenvalue weighted by Crippen LogP contribution is 2.20. The molecule has 108 valence electrons. The van der Waals surface area contributed by atoms with Crippen LogP contribution in [0.15, 0.2) is 82.4 Å². The summed E-state index contributed by atoms with van der Waals surface area (Å²) in [6.07, 6.45) is 3.17. The van der Waals surface area contributed by atoms with Crippen molar-refractivity contribution in [3.63, 3.8) is 0 Å². The summed E-state index contributed by atoms with van der Waals surface area (Å²) in [4.78, 5) is 16.7. The van der Waals surface area contributed by atoms with Crippen LogP contribution < -0.4 is 5.32 Å². The van der Waals surface area contributed by atoms with Crippen LogP contribution in [0.3, 0.4) is 0 Å². The molecule has 1 aromatic heterocycles. The SMILES string of the molecule is O=C(Nc1ccccc1)c1ccccc1/N=C/c1ccco1. The predicted octanol–water partition coefficient (Wildman–Crippen LogP) is 4.28. The molecule has 4 nitrogen and oxygen atoms in total. The normalized spacial score (nSPS) is 10.7. The first-order chi connectivity index (χ1) is 10.8. The lowest BCUT2D eigenvalue weighted by atomic mass is 10.1.